The second-order valence-corrected chi connectivity index (χ2v) is 6.75. The largest absolute Gasteiger partial charge is 0.434 e. The van der Waals surface area contributed by atoms with E-state index in [-0.39, 0.29) is 18.1 Å². The number of halogens is 4. The number of amides is 1. The first kappa shape index (κ1) is 21.1. The SMILES string of the molecule is C/C(NCC(=O)N1CCN(c2ccc(C)cc2)CC1)=C(\Cl)C(=N)C(F)(F)F. The maximum atomic E-state index is 12.5. The van der Waals surface area contributed by atoms with Gasteiger partial charge in [0, 0.05) is 37.6 Å². The van der Waals surface area contributed by atoms with Gasteiger partial charge >= 0.3 is 6.18 Å². The molecule has 1 aromatic rings. The summed E-state index contributed by atoms with van der Waals surface area (Å²) in [6.07, 6.45) is -4.82. The highest BCUT2D eigenvalue weighted by molar-refractivity contribution is 6.44. The maximum absolute atomic E-state index is 12.5. The topological polar surface area (TPSA) is 59.4 Å². The van der Waals surface area contributed by atoms with Crippen molar-refractivity contribution in [2.75, 3.05) is 37.6 Å². The van der Waals surface area contributed by atoms with Crippen molar-refractivity contribution in [2.24, 2.45) is 0 Å². The van der Waals surface area contributed by atoms with Crippen LogP contribution in [0.3, 0.4) is 0 Å². The highest BCUT2D eigenvalue weighted by Crippen LogP contribution is 2.24. The zero-order chi connectivity index (χ0) is 20.2. The molecular weight excluding hydrogens is 381 g/mol. The Balaban J connectivity index is 1.85. The van der Waals surface area contributed by atoms with Gasteiger partial charge < -0.3 is 15.1 Å². The molecule has 0 unspecified atom stereocenters. The van der Waals surface area contributed by atoms with Crippen LogP contribution in [0.25, 0.3) is 0 Å². The fraction of sp³-hybridized carbons (Fsp3) is 0.444. The first-order chi connectivity index (χ1) is 12.6. The van der Waals surface area contributed by atoms with E-state index >= 15 is 0 Å². The van der Waals surface area contributed by atoms with Crippen molar-refractivity contribution in [3.05, 3.63) is 40.6 Å². The van der Waals surface area contributed by atoms with Gasteiger partial charge in [-0.25, -0.2) is 0 Å². The number of hydrogen-bond acceptors (Lipinski definition) is 4. The van der Waals surface area contributed by atoms with Crippen molar-refractivity contribution >= 4 is 28.9 Å². The van der Waals surface area contributed by atoms with E-state index in [9.17, 15) is 18.0 Å². The summed E-state index contributed by atoms with van der Waals surface area (Å²) >= 11 is 5.57. The van der Waals surface area contributed by atoms with Crippen molar-refractivity contribution in [1.29, 1.82) is 5.41 Å². The van der Waals surface area contributed by atoms with E-state index in [0.717, 1.165) is 5.69 Å². The van der Waals surface area contributed by atoms with Gasteiger partial charge in [-0.1, -0.05) is 29.3 Å². The molecule has 0 bridgehead atoms. The first-order valence-electron chi connectivity index (χ1n) is 8.45. The Hall–Kier alpha value is -2.22. The molecule has 0 saturated carbocycles. The monoisotopic (exact) mass is 402 g/mol. The van der Waals surface area contributed by atoms with E-state index in [0.29, 0.717) is 26.2 Å². The second kappa shape index (κ2) is 8.65. The van der Waals surface area contributed by atoms with E-state index in [2.05, 4.69) is 10.2 Å². The Kier molecular flexibility index (Phi) is 6.75. The predicted molar refractivity (Wildman–Crippen MR) is 100 cm³/mol. The van der Waals surface area contributed by atoms with Crippen LogP contribution in [0, 0.1) is 12.3 Å². The molecule has 1 amide bonds. The smallest absolute Gasteiger partial charge is 0.378 e. The van der Waals surface area contributed by atoms with Crippen LogP contribution in [-0.2, 0) is 4.79 Å². The number of nitrogens with one attached hydrogen (secondary N) is 2. The second-order valence-electron chi connectivity index (χ2n) is 6.37. The van der Waals surface area contributed by atoms with Gasteiger partial charge in [-0.2, -0.15) is 13.2 Å². The number of nitrogens with zero attached hydrogens (tertiary/aromatic N) is 2. The number of anilines is 1. The van der Waals surface area contributed by atoms with Crippen LogP contribution in [0.2, 0.25) is 0 Å². The van der Waals surface area contributed by atoms with Gasteiger partial charge in [-0.05, 0) is 26.0 Å². The van der Waals surface area contributed by atoms with Crippen LogP contribution in [0.5, 0.6) is 0 Å². The average Bonchev–Trinajstić information content (AvgIpc) is 2.64. The van der Waals surface area contributed by atoms with E-state index in [1.165, 1.54) is 12.5 Å². The molecule has 9 heteroatoms. The van der Waals surface area contributed by atoms with Crippen molar-refractivity contribution in [3.8, 4) is 0 Å². The van der Waals surface area contributed by atoms with Crippen molar-refractivity contribution in [2.45, 2.75) is 20.0 Å². The zero-order valence-corrected chi connectivity index (χ0v) is 15.9. The molecule has 0 radical (unpaired) electrons. The van der Waals surface area contributed by atoms with E-state index in [1.807, 2.05) is 31.2 Å². The van der Waals surface area contributed by atoms with Crippen molar-refractivity contribution in [3.63, 3.8) is 0 Å². The van der Waals surface area contributed by atoms with Crippen LogP contribution in [-0.4, -0.2) is 55.4 Å². The first-order valence-corrected chi connectivity index (χ1v) is 8.83. The quantitative estimate of drug-likeness (QED) is 0.743. The van der Waals surface area contributed by atoms with Gasteiger partial charge in [0.15, 0.2) is 5.71 Å². The molecule has 27 heavy (non-hydrogen) atoms. The number of rotatable bonds is 5. The fourth-order valence-electron chi connectivity index (χ4n) is 2.68. The van der Waals surface area contributed by atoms with Crippen LogP contribution in [0.1, 0.15) is 12.5 Å². The van der Waals surface area contributed by atoms with Gasteiger partial charge in [-0.3, -0.25) is 10.2 Å². The number of benzene rings is 1. The zero-order valence-electron chi connectivity index (χ0n) is 15.2. The summed E-state index contributed by atoms with van der Waals surface area (Å²) in [4.78, 5) is 16.1. The summed E-state index contributed by atoms with van der Waals surface area (Å²) in [5, 5.41) is 8.87. The molecule has 148 valence electrons. The van der Waals surface area contributed by atoms with E-state index in [4.69, 9.17) is 17.0 Å². The van der Waals surface area contributed by atoms with Crippen LogP contribution in [0.15, 0.2) is 35.0 Å². The maximum Gasteiger partial charge on any atom is 0.434 e. The molecule has 1 saturated heterocycles. The number of allylic oxidation sites excluding steroid dienone is 2. The summed E-state index contributed by atoms with van der Waals surface area (Å²) in [5.41, 5.74) is 0.598. The minimum absolute atomic E-state index is 0.0503. The van der Waals surface area contributed by atoms with Crippen LogP contribution in [0.4, 0.5) is 18.9 Å². The highest BCUT2D eigenvalue weighted by atomic mass is 35.5. The Labute approximate surface area is 161 Å². The molecule has 1 fully saturated rings. The highest BCUT2D eigenvalue weighted by Gasteiger charge is 2.37. The van der Waals surface area contributed by atoms with Gasteiger partial charge in [0.1, 0.15) is 0 Å². The van der Waals surface area contributed by atoms with Crippen LogP contribution < -0.4 is 10.2 Å². The molecule has 0 atom stereocenters. The fourth-order valence-corrected chi connectivity index (χ4v) is 2.85. The van der Waals surface area contributed by atoms with Crippen LogP contribution >= 0.6 is 11.6 Å². The number of carbonyl (C=O) groups is 1. The molecule has 1 aliphatic rings. The van der Waals surface area contributed by atoms with Crippen molar-refractivity contribution in [1.82, 2.24) is 10.2 Å². The third kappa shape index (κ3) is 5.63. The normalized spacial score (nSPS) is 16.1. The molecule has 5 nitrogen and oxygen atoms in total. The molecule has 1 heterocycles. The Bertz CT molecular complexity index is 723. The third-order valence-electron chi connectivity index (χ3n) is 4.37. The van der Waals surface area contributed by atoms with Gasteiger partial charge in [-0.15, -0.1) is 0 Å². The molecule has 0 spiro atoms. The molecular formula is C18H22ClF3N4O. The van der Waals surface area contributed by atoms with Gasteiger partial charge in [0.05, 0.1) is 11.6 Å². The van der Waals surface area contributed by atoms with Gasteiger partial charge in [0.25, 0.3) is 0 Å². The number of aryl methyl sites for hydroxylation is 1. The Morgan fingerprint density at radius 3 is 2.26 bits per heavy atom. The van der Waals surface area contributed by atoms with Crippen molar-refractivity contribution < 1.29 is 18.0 Å². The lowest BCUT2D eigenvalue weighted by molar-refractivity contribution is -0.130. The standard InChI is InChI=1S/C18H22ClF3N4O/c1-12-3-5-14(6-4-12)25-7-9-26(10-8-25)15(27)11-24-13(2)16(19)17(23)18(20,21)22/h3-6,23-24H,7-11H2,1-2H3/b16-13+,23-17?. The van der Waals surface area contributed by atoms with Gasteiger partial charge in [0.2, 0.25) is 5.91 Å². The number of piperazine rings is 1. The lowest BCUT2D eigenvalue weighted by atomic mass is 10.2. The van der Waals surface area contributed by atoms with E-state index < -0.39 is 16.9 Å². The lowest BCUT2D eigenvalue weighted by Crippen LogP contribution is -2.50. The van der Waals surface area contributed by atoms with E-state index in [1.54, 1.807) is 4.90 Å². The molecule has 2 rings (SSSR count). The number of carbonyl (C=O) groups excluding carboxylic acids is 1. The summed E-state index contributed by atoms with van der Waals surface area (Å²) in [7, 11) is 0. The number of alkyl halides is 3. The summed E-state index contributed by atoms with van der Waals surface area (Å²) in [5.74, 6) is -0.221. The molecule has 0 aromatic heterocycles. The lowest BCUT2D eigenvalue weighted by Gasteiger charge is -2.36. The Morgan fingerprint density at radius 1 is 1.19 bits per heavy atom. The Morgan fingerprint density at radius 2 is 1.74 bits per heavy atom. The molecule has 2 N–H and O–H groups in total. The average molecular weight is 403 g/mol. The predicted octanol–water partition coefficient (Wildman–Crippen LogP) is 3.29. The summed E-state index contributed by atoms with van der Waals surface area (Å²) in [6, 6.07) is 8.16. The minimum atomic E-state index is -4.82. The molecule has 1 aromatic carbocycles. The number of hydrogen-bond donors (Lipinski definition) is 2. The summed E-state index contributed by atoms with van der Waals surface area (Å²) in [6.45, 7) is 5.59. The molecule has 1 aliphatic heterocycles. The molecule has 0 aliphatic carbocycles. The third-order valence-corrected chi connectivity index (χ3v) is 4.84. The summed E-state index contributed by atoms with van der Waals surface area (Å²) < 4.78 is 37.5. The minimum Gasteiger partial charge on any atom is -0.378 e.